The minimum Gasteiger partial charge on any atom is -0.343 e. The summed E-state index contributed by atoms with van der Waals surface area (Å²) in [4.78, 5) is 17.8. The number of aromatic nitrogens is 6. The second-order valence-corrected chi connectivity index (χ2v) is 8.24. The Bertz CT molecular complexity index is 1480. The smallest absolute Gasteiger partial charge is 0.335 e. The van der Waals surface area contributed by atoms with Crippen LogP contribution >= 0.6 is 11.6 Å². The van der Waals surface area contributed by atoms with Gasteiger partial charge in [-0.05, 0) is 43.2 Å². The first-order valence-electron chi connectivity index (χ1n) is 10.5. The fourth-order valence-corrected chi connectivity index (χ4v) is 4.40. The molecule has 0 N–H and O–H groups in total. The zero-order chi connectivity index (χ0) is 22.2. The monoisotopic (exact) mass is 452 g/mol. The molecule has 0 unspecified atom stereocenters. The molecule has 0 aliphatic heterocycles. The third-order valence-electron chi connectivity index (χ3n) is 5.69. The molecule has 4 aromatic heterocycles. The predicted molar refractivity (Wildman–Crippen MR) is 123 cm³/mol. The highest BCUT2D eigenvalue weighted by molar-refractivity contribution is 6.31. The number of rotatable bonds is 7. The van der Waals surface area contributed by atoms with Gasteiger partial charge in [0.25, 0.3) is 0 Å². The third kappa shape index (κ3) is 3.50. The van der Waals surface area contributed by atoms with Crippen molar-refractivity contribution in [2.24, 2.45) is 7.05 Å². The lowest BCUT2D eigenvalue weighted by atomic mass is 10.2. The maximum absolute atomic E-state index is 13.5. The molecule has 1 aromatic carbocycles. The topological polar surface area (TPSA) is 62.6 Å². The lowest BCUT2D eigenvalue weighted by molar-refractivity contribution is 0.447. The third-order valence-corrected chi connectivity index (χ3v) is 5.93. The average molecular weight is 453 g/mol. The molecule has 0 spiro atoms. The van der Waals surface area contributed by atoms with Gasteiger partial charge >= 0.3 is 5.69 Å². The fourth-order valence-electron chi connectivity index (χ4n) is 4.22. The van der Waals surface area contributed by atoms with Crippen LogP contribution in [0.2, 0.25) is 5.02 Å². The van der Waals surface area contributed by atoms with Crippen LogP contribution in [0.3, 0.4) is 0 Å². The van der Waals surface area contributed by atoms with Gasteiger partial charge in [0.05, 0.1) is 30.4 Å². The van der Waals surface area contributed by atoms with Gasteiger partial charge in [-0.3, -0.25) is 18.6 Å². The van der Waals surface area contributed by atoms with E-state index in [-0.39, 0.29) is 12.4 Å². The first kappa shape index (κ1) is 20.5. The molecule has 5 rings (SSSR count). The molecule has 0 bridgehead atoms. The van der Waals surface area contributed by atoms with Crippen molar-refractivity contribution < 1.29 is 4.39 Å². The van der Waals surface area contributed by atoms with Gasteiger partial charge in [0.1, 0.15) is 0 Å². The van der Waals surface area contributed by atoms with Gasteiger partial charge in [-0.2, -0.15) is 5.10 Å². The van der Waals surface area contributed by atoms with Crippen molar-refractivity contribution in [3.63, 3.8) is 0 Å². The molecule has 4 heterocycles. The van der Waals surface area contributed by atoms with Crippen molar-refractivity contribution in [3.8, 4) is 5.82 Å². The summed E-state index contributed by atoms with van der Waals surface area (Å²) >= 11 is 6.21. The quantitative estimate of drug-likeness (QED) is 0.345. The molecular weight excluding hydrogens is 431 g/mol. The van der Waals surface area contributed by atoms with Crippen molar-refractivity contribution in [2.45, 2.75) is 25.9 Å². The van der Waals surface area contributed by atoms with E-state index in [1.807, 2.05) is 43.4 Å². The zero-order valence-corrected chi connectivity index (χ0v) is 18.3. The number of aryl methyl sites for hydroxylation is 2. The van der Waals surface area contributed by atoms with Gasteiger partial charge in [-0.25, -0.2) is 9.36 Å². The van der Waals surface area contributed by atoms with E-state index in [1.165, 1.54) is 0 Å². The standard InChI is InChI=1S/C23H22ClFN6O/c1-28-11-7-22(27-28)31-20-6-9-26-14-21(20)30(23(31)32)15-18-13-16-12-17(24)4-5-19(16)29(18)10-3-2-8-25/h4-7,9,11-14H,2-3,8,10,15H2,1H3. The number of fused-ring (bicyclic) bond motifs is 2. The van der Waals surface area contributed by atoms with Gasteiger partial charge in [0, 0.05) is 53.7 Å². The molecule has 9 heteroatoms. The number of halogens is 2. The molecular formula is C23H22ClFN6O. The van der Waals surface area contributed by atoms with Crippen molar-refractivity contribution in [1.29, 1.82) is 0 Å². The zero-order valence-electron chi connectivity index (χ0n) is 17.6. The van der Waals surface area contributed by atoms with E-state index in [0.717, 1.165) is 27.6 Å². The van der Waals surface area contributed by atoms with Gasteiger partial charge in [0.15, 0.2) is 5.82 Å². The van der Waals surface area contributed by atoms with E-state index < -0.39 is 0 Å². The molecule has 0 aliphatic carbocycles. The maximum Gasteiger partial charge on any atom is 0.335 e. The SMILES string of the molecule is Cn1ccc(-n2c(=O)n(Cc3cc4cc(Cl)ccc4n3CCCCF)c3cnccc32)n1. The molecule has 0 aliphatic rings. The van der Waals surface area contributed by atoms with E-state index in [0.29, 0.717) is 36.8 Å². The molecule has 0 amide bonds. The van der Waals surface area contributed by atoms with Gasteiger partial charge < -0.3 is 4.57 Å². The van der Waals surface area contributed by atoms with E-state index in [2.05, 4.69) is 14.6 Å². The van der Waals surface area contributed by atoms with E-state index >= 15 is 0 Å². The number of alkyl halides is 1. The van der Waals surface area contributed by atoms with Crippen molar-refractivity contribution in [3.05, 3.63) is 76.2 Å². The van der Waals surface area contributed by atoms with Crippen LogP contribution in [0, 0.1) is 0 Å². The van der Waals surface area contributed by atoms with Crippen LogP contribution in [0.15, 0.2) is 59.8 Å². The summed E-state index contributed by atoms with van der Waals surface area (Å²) in [7, 11) is 1.82. The van der Waals surface area contributed by atoms with Crippen LogP contribution in [-0.2, 0) is 20.1 Å². The lowest BCUT2D eigenvalue weighted by Gasteiger charge is -2.11. The first-order chi connectivity index (χ1) is 15.6. The summed E-state index contributed by atoms with van der Waals surface area (Å²) in [6.45, 7) is 0.669. The number of imidazole rings is 1. The van der Waals surface area contributed by atoms with E-state index in [9.17, 15) is 9.18 Å². The van der Waals surface area contributed by atoms with Crippen molar-refractivity contribution in [2.75, 3.05) is 6.67 Å². The lowest BCUT2D eigenvalue weighted by Crippen LogP contribution is -2.25. The van der Waals surface area contributed by atoms with Crippen molar-refractivity contribution >= 4 is 33.5 Å². The molecule has 0 fully saturated rings. The minimum atomic E-state index is -0.344. The molecule has 0 radical (unpaired) electrons. The Morgan fingerprint density at radius 1 is 1.03 bits per heavy atom. The molecule has 5 aromatic rings. The number of unbranched alkanes of at least 4 members (excludes halogenated alkanes) is 1. The number of benzene rings is 1. The van der Waals surface area contributed by atoms with Crippen LogP contribution < -0.4 is 5.69 Å². The second kappa shape index (κ2) is 8.27. The average Bonchev–Trinajstić information content (AvgIpc) is 3.43. The van der Waals surface area contributed by atoms with Crippen LogP contribution in [-0.4, -0.2) is 35.1 Å². The molecule has 0 saturated carbocycles. The fraction of sp³-hybridized carbons (Fsp3) is 0.261. The molecule has 164 valence electrons. The molecule has 0 saturated heterocycles. The Morgan fingerprint density at radius 2 is 1.91 bits per heavy atom. The Kier molecular flexibility index (Phi) is 5.30. The first-order valence-corrected chi connectivity index (χ1v) is 10.8. The Balaban J connectivity index is 1.66. The predicted octanol–water partition coefficient (Wildman–Crippen LogP) is 4.33. The highest BCUT2D eigenvalue weighted by Crippen LogP contribution is 2.26. The maximum atomic E-state index is 13.5. The number of pyridine rings is 1. The summed E-state index contributed by atoms with van der Waals surface area (Å²) in [6.07, 6.45) is 6.38. The van der Waals surface area contributed by atoms with Crippen LogP contribution in [0.4, 0.5) is 4.39 Å². The van der Waals surface area contributed by atoms with Gasteiger partial charge in [0.2, 0.25) is 0 Å². The van der Waals surface area contributed by atoms with Crippen LogP contribution in [0.1, 0.15) is 18.5 Å². The number of hydrogen-bond donors (Lipinski definition) is 0. The number of hydrogen-bond acceptors (Lipinski definition) is 3. The Labute approximate surface area is 188 Å². The summed E-state index contributed by atoms with van der Waals surface area (Å²) < 4.78 is 19.9. The van der Waals surface area contributed by atoms with E-state index in [1.54, 1.807) is 32.4 Å². The summed E-state index contributed by atoms with van der Waals surface area (Å²) in [5, 5.41) is 6.06. The highest BCUT2D eigenvalue weighted by Gasteiger charge is 2.18. The molecule has 0 atom stereocenters. The summed E-state index contributed by atoms with van der Waals surface area (Å²) in [6, 6.07) is 11.4. The highest BCUT2D eigenvalue weighted by atomic mass is 35.5. The molecule has 32 heavy (non-hydrogen) atoms. The van der Waals surface area contributed by atoms with Crippen molar-refractivity contribution in [1.82, 2.24) is 28.5 Å². The number of nitrogens with zero attached hydrogens (tertiary/aromatic N) is 6. The van der Waals surface area contributed by atoms with Gasteiger partial charge in [-0.1, -0.05) is 11.6 Å². The second-order valence-electron chi connectivity index (χ2n) is 7.80. The largest absolute Gasteiger partial charge is 0.343 e. The van der Waals surface area contributed by atoms with Crippen LogP contribution in [0.25, 0.3) is 27.8 Å². The van der Waals surface area contributed by atoms with E-state index in [4.69, 9.17) is 11.6 Å². The van der Waals surface area contributed by atoms with Crippen LogP contribution in [0.5, 0.6) is 0 Å². The minimum absolute atomic E-state index is 0.190. The Morgan fingerprint density at radius 3 is 2.69 bits per heavy atom. The normalized spacial score (nSPS) is 11.7. The summed E-state index contributed by atoms with van der Waals surface area (Å²) in [5.41, 5.74) is 3.24. The van der Waals surface area contributed by atoms with Gasteiger partial charge in [-0.15, -0.1) is 0 Å². The Hall–Kier alpha value is -3.39. The molecule has 7 nitrogen and oxygen atoms in total. The summed E-state index contributed by atoms with van der Waals surface area (Å²) in [5.74, 6) is 0.558.